The van der Waals surface area contributed by atoms with Gasteiger partial charge in [0.15, 0.2) is 0 Å². The number of fused-ring (bicyclic) bond motifs is 3. The molecule has 36 heavy (non-hydrogen) atoms. The molecule has 9 nitrogen and oxygen atoms in total. The standard InChI is InChI=1S/C25H21ClN6O3S/c1-27-36(34,35)15-8-9-19-21(12-15)32(14-7-10-20-22(11-14)31(3)25(33)30(20)2)24(29-19)17-13-28-23-16(17)5-4-6-18(23)26/h4-13,27-28H,1-3H3. The molecule has 0 fully saturated rings. The number of sulfonamides is 1. The molecule has 3 heterocycles. The lowest BCUT2D eigenvalue weighted by atomic mass is 10.1. The minimum atomic E-state index is -3.68. The van der Waals surface area contributed by atoms with Crippen molar-refractivity contribution in [3.8, 4) is 17.1 Å². The molecule has 6 rings (SSSR count). The molecule has 0 saturated heterocycles. The minimum Gasteiger partial charge on any atom is -0.359 e. The molecule has 11 heteroatoms. The van der Waals surface area contributed by atoms with Gasteiger partial charge in [-0.25, -0.2) is 22.9 Å². The first-order chi connectivity index (χ1) is 17.2. The Hall–Kier alpha value is -3.86. The van der Waals surface area contributed by atoms with E-state index in [1.807, 2.05) is 47.2 Å². The van der Waals surface area contributed by atoms with Gasteiger partial charge in [-0.3, -0.25) is 13.7 Å². The van der Waals surface area contributed by atoms with Gasteiger partial charge in [0.05, 0.1) is 37.5 Å². The fourth-order valence-corrected chi connectivity index (χ4v) is 5.70. The monoisotopic (exact) mass is 520 g/mol. The first-order valence-electron chi connectivity index (χ1n) is 11.1. The summed E-state index contributed by atoms with van der Waals surface area (Å²) in [6, 6.07) is 16.2. The molecule has 0 amide bonds. The summed E-state index contributed by atoms with van der Waals surface area (Å²) in [5, 5.41) is 1.47. The number of nitrogens with one attached hydrogen (secondary N) is 2. The predicted octanol–water partition coefficient (Wildman–Crippen LogP) is 3.93. The highest BCUT2D eigenvalue weighted by molar-refractivity contribution is 7.89. The lowest BCUT2D eigenvalue weighted by Crippen LogP contribution is -2.19. The average molecular weight is 521 g/mol. The number of imidazole rings is 2. The molecule has 0 spiro atoms. The molecule has 3 aromatic heterocycles. The van der Waals surface area contributed by atoms with E-state index in [2.05, 4.69) is 9.71 Å². The molecule has 182 valence electrons. The van der Waals surface area contributed by atoms with Crippen molar-refractivity contribution in [1.29, 1.82) is 0 Å². The highest BCUT2D eigenvalue weighted by Gasteiger charge is 2.21. The number of H-pyrrole nitrogens is 1. The van der Waals surface area contributed by atoms with Gasteiger partial charge < -0.3 is 4.98 Å². The largest absolute Gasteiger partial charge is 0.359 e. The number of aromatic nitrogens is 5. The third kappa shape index (κ3) is 3.15. The zero-order valence-electron chi connectivity index (χ0n) is 19.6. The molecule has 3 aromatic carbocycles. The summed E-state index contributed by atoms with van der Waals surface area (Å²) in [5.74, 6) is 0.609. The fourth-order valence-electron chi connectivity index (χ4n) is 4.72. The maximum atomic E-state index is 12.6. The normalized spacial score (nSPS) is 12.3. The van der Waals surface area contributed by atoms with E-state index in [4.69, 9.17) is 16.6 Å². The molecule has 0 saturated carbocycles. The number of hydrogen-bond donors (Lipinski definition) is 2. The first-order valence-corrected chi connectivity index (χ1v) is 13.0. The second kappa shape index (κ2) is 7.82. The summed E-state index contributed by atoms with van der Waals surface area (Å²) in [7, 11) is 1.15. The van der Waals surface area contributed by atoms with Gasteiger partial charge in [-0.2, -0.15) is 0 Å². The summed E-state index contributed by atoms with van der Waals surface area (Å²) in [6.07, 6.45) is 1.84. The maximum Gasteiger partial charge on any atom is 0.328 e. The number of nitrogens with zero attached hydrogens (tertiary/aromatic N) is 4. The van der Waals surface area contributed by atoms with Gasteiger partial charge in [0.25, 0.3) is 0 Å². The van der Waals surface area contributed by atoms with Gasteiger partial charge in [-0.05, 0) is 49.5 Å². The van der Waals surface area contributed by atoms with E-state index in [-0.39, 0.29) is 10.6 Å². The summed E-state index contributed by atoms with van der Waals surface area (Å²) < 4.78 is 32.6. The van der Waals surface area contributed by atoms with Crippen LogP contribution in [-0.2, 0) is 24.1 Å². The van der Waals surface area contributed by atoms with Gasteiger partial charge in [-0.1, -0.05) is 23.7 Å². The first kappa shape index (κ1) is 22.6. The van der Waals surface area contributed by atoms with E-state index in [0.717, 1.165) is 33.2 Å². The van der Waals surface area contributed by atoms with Crippen LogP contribution in [0.15, 0.2) is 70.5 Å². The topological polar surface area (TPSA) is 107 Å². The van der Waals surface area contributed by atoms with Crippen molar-refractivity contribution in [2.75, 3.05) is 7.05 Å². The van der Waals surface area contributed by atoms with E-state index in [1.54, 1.807) is 35.4 Å². The van der Waals surface area contributed by atoms with E-state index < -0.39 is 10.0 Å². The highest BCUT2D eigenvalue weighted by Crippen LogP contribution is 2.36. The quantitative estimate of drug-likeness (QED) is 0.367. The number of hydrogen-bond acceptors (Lipinski definition) is 4. The van der Waals surface area contributed by atoms with Gasteiger partial charge in [0, 0.05) is 36.9 Å². The Labute approximate surface area is 210 Å². The molecule has 0 aliphatic heterocycles. The van der Waals surface area contributed by atoms with Crippen molar-refractivity contribution in [3.05, 3.63) is 76.3 Å². The Morgan fingerprint density at radius 2 is 1.75 bits per heavy atom. The molecule has 0 atom stereocenters. The van der Waals surface area contributed by atoms with Crippen molar-refractivity contribution in [2.45, 2.75) is 4.90 Å². The van der Waals surface area contributed by atoms with Crippen LogP contribution >= 0.6 is 11.6 Å². The van der Waals surface area contributed by atoms with E-state index >= 15 is 0 Å². The Balaban J connectivity index is 1.73. The van der Waals surface area contributed by atoms with Crippen LogP contribution < -0.4 is 10.4 Å². The third-order valence-electron chi connectivity index (χ3n) is 6.62. The lowest BCUT2D eigenvalue weighted by molar-refractivity contribution is 0.588. The Bertz CT molecular complexity index is 2010. The lowest BCUT2D eigenvalue weighted by Gasteiger charge is -2.11. The number of benzene rings is 3. The number of aromatic amines is 1. The van der Waals surface area contributed by atoms with Crippen LogP contribution in [0.25, 0.3) is 50.0 Å². The molecule has 2 N–H and O–H groups in total. The third-order valence-corrected chi connectivity index (χ3v) is 8.35. The number of aryl methyl sites for hydroxylation is 2. The second-order valence-corrected chi connectivity index (χ2v) is 10.9. The minimum absolute atomic E-state index is 0.125. The zero-order chi connectivity index (χ0) is 25.4. The molecule has 0 aliphatic rings. The molecule has 0 bridgehead atoms. The number of halogens is 1. The van der Waals surface area contributed by atoms with Crippen molar-refractivity contribution in [3.63, 3.8) is 0 Å². The summed E-state index contributed by atoms with van der Waals surface area (Å²) in [5.41, 5.74) is 4.96. The van der Waals surface area contributed by atoms with E-state index in [0.29, 0.717) is 21.9 Å². The van der Waals surface area contributed by atoms with E-state index in [9.17, 15) is 13.2 Å². The van der Waals surface area contributed by atoms with Crippen LogP contribution in [0.3, 0.4) is 0 Å². The van der Waals surface area contributed by atoms with Crippen LogP contribution in [0.5, 0.6) is 0 Å². The van der Waals surface area contributed by atoms with Crippen LogP contribution in [0.2, 0.25) is 5.02 Å². The van der Waals surface area contributed by atoms with Crippen molar-refractivity contribution in [2.24, 2.45) is 14.1 Å². The van der Waals surface area contributed by atoms with Crippen LogP contribution in [-0.4, -0.2) is 39.1 Å². The summed E-state index contributed by atoms with van der Waals surface area (Å²) in [6.45, 7) is 0. The zero-order valence-corrected chi connectivity index (χ0v) is 21.1. The van der Waals surface area contributed by atoms with Gasteiger partial charge >= 0.3 is 5.69 Å². The predicted molar refractivity (Wildman–Crippen MR) is 141 cm³/mol. The second-order valence-electron chi connectivity index (χ2n) is 8.57. The summed E-state index contributed by atoms with van der Waals surface area (Å²) >= 11 is 6.41. The number of rotatable bonds is 4. The Kier molecular flexibility index (Phi) is 4.91. The van der Waals surface area contributed by atoms with Crippen molar-refractivity contribution < 1.29 is 8.42 Å². The highest BCUT2D eigenvalue weighted by atomic mass is 35.5. The Morgan fingerprint density at radius 1 is 0.972 bits per heavy atom. The maximum absolute atomic E-state index is 12.6. The van der Waals surface area contributed by atoms with Gasteiger partial charge in [-0.15, -0.1) is 0 Å². The molecular formula is C25H21ClN6O3S. The molecule has 6 aromatic rings. The van der Waals surface area contributed by atoms with Crippen molar-refractivity contribution in [1.82, 2.24) is 28.4 Å². The molecule has 0 radical (unpaired) electrons. The average Bonchev–Trinajstić information content (AvgIpc) is 3.53. The number of para-hydroxylation sites is 1. The van der Waals surface area contributed by atoms with Crippen LogP contribution in [0.1, 0.15) is 0 Å². The van der Waals surface area contributed by atoms with Gasteiger partial charge in [0.1, 0.15) is 5.82 Å². The van der Waals surface area contributed by atoms with Crippen molar-refractivity contribution >= 4 is 54.6 Å². The Morgan fingerprint density at radius 3 is 2.53 bits per heavy atom. The van der Waals surface area contributed by atoms with Crippen LogP contribution in [0, 0.1) is 0 Å². The molecular weight excluding hydrogens is 500 g/mol. The smallest absolute Gasteiger partial charge is 0.328 e. The summed E-state index contributed by atoms with van der Waals surface area (Å²) in [4.78, 5) is 20.8. The fraction of sp³-hybridized carbons (Fsp3) is 0.120. The molecule has 0 aliphatic carbocycles. The molecule has 0 unspecified atom stereocenters. The van der Waals surface area contributed by atoms with E-state index in [1.165, 1.54) is 13.1 Å². The van der Waals surface area contributed by atoms with Gasteiger partial charge in [0.2, 0.25) is 10.0 Å². The SMILES string of the molecule is CNS(=O)(=O)c1ccc2nc(-c3c[nH]c4c(Cl)cccc34)n(-c3ccc4c(c3)n(C)c(=O)n4C)c2c1. The van der Waals surface area contributed by atoms with Crippen LogP contribution in [0.4, 0.5) is 0 Å².